The molecule has 6 nitrogen and oxygen atoms in total. The number of anilines is 1. The van der Waals surface area contributed by atoms with E-state index in [0.717, 1.165) is 10.7 Å². The number of pyridine rings is 1. The molecule has 0 saturated carbocycles. The van der Waals surface area contributed by atoms with Crippen molar-refractivity contribution in [3.05, 3.63) is 58.9 Å². The van der Waals surface area contributed by atoms with Gasteiger partial charge >= 0.3 is 6.18 Å². The van der Waals surface area contributed by atoms with Crippen molar-refractivity contribution in [1.82, 2.24) is 14.8 Å². The van der Waals surface area contributed by atoms with E-state index in [1.54, 1.807) is 24.3 Å². The van der Waals surface area contributed by atoms with Crippen molar-refractivity contribution in [2.75, 3.05) is 12.4 Å². The van der Waals surface area contributed by atoms with Crippen LogP contribution in [0, 0.1) is 0 Å². The second-order valence-corrected chi connectivity index (χ2v) is 6.15. The van der Waals surface area contributed by atoms with Crippen LogP contribution >= 0.6 is 11.6 Å². The number of carbonyl (C=O) groups is 1. The highest BCUT2D eigenvalue weighted by molar-refractivity contribution is 6.34. The average molecular weight is 411 g/mol. The number of halogens is 4. The maximum absolute atomic E-state index is 12.9. The fourth-order valence-electron chi connectivity index (χ4n) is 2.53. The molecule has 0 aliphatic carbocycles. The summed E-state index contributed by atoms with van der Waals surface area (Å²) in [6.45, 7) is 0. The summed E-state index contributed by atoms with van der Waals surface area (Å²) >= 11 is 6.01. The molecule has 10 heteroatoms. The molecule has 1 N–H and O–H groups in total. The lowest BCUT2D eigenvalue weighted by Gasteiger charge is -2.11. The van der Waals surface area contributed by atoms with Crippen molar-refractivity contribution >= 4 is 23.3 Å². The molecule has 2 aromatic heterocycles. The van der Waals surface area contributed by atoms with Crippen LogP contribution in [0.15, 0.2) is 42.6 Å². The molecule has 0 fully saturated rings. The molecule has 1 amide bonds. The Bertz CT molecular complexity index is 1030. The lowest BCUT2D eigenvalue weighted by Crippen LogP contribution is -2.14. The molecular formula is C18H14ClF3N4O2. The van der Waals surface area contributed by atoms with Gasteiger partial charge in [0.2, 0.25) is 0 Å². The Morgan fingerprint density at radius 2 is 1.96 bits per heavy atom. The summed E-state index contributed by atoms with van der Waals surface area (Å²) in [4.78, 5) is 16.5. The van der Waals surface area contributed by atoms with Crippen LogP contribution in [0.4, 0.5) is 19.0 Å². The van der Waals surface area contributed by atoms with Gasteiger partial charge in [-0.05, 0) is 24.3 Å². The van der Waals surface area contributed by atoms with E-state index in [4.69, 9.17) is 16.3 Å². The molecule has 3 rings (SSSR count). The van der Waals surface area contributed by atoms with Gasteiger partial charge < -0.3 is 10.1 Å². The number of amides is 1. The van der Waals surface area contributed by atoms with Crippen LogP contribution in [0.5, 0.6) is 5.75 Å². The Labute approximate surface area is 162 Å². The lowest BCUT2D eigenvalue weighted by atomic mass is 10.1. The number of carbonyl (C=O) groups excluding carboxylic acids is 1. The monoisotopic (exact) mass is 410 g/mol. The van der Waals surface area contributed by atoms with Crippen LogP contribution in [0.3, 0.4) is 0 Å². The number of hydrogen-bond donors (Lipinski definition) is 1. The Morgan fingerprint density at radius 3 is 2.57 bits per heavy atom. The van der Waals surface area contributed by atoms with Gasteiger partial charge in [-0.1, -0.05) is 23.7 Å². The number of nitrogens with zero attached hydrogens (tertiary/aromatic N) is 3. The van der Waals surface area contributed by atoms with Crippen LogP contribution in [0.25, 0.3) is 11.3 Å². The molecular weight excluding hydrogens is 397 g/mol. The molecule has 2 heterocycles. The molecule has 146 valence electrons. The molecule has 0 spiro atoms. The summed E-state index contributed by atoms with van der Waals surface area (Å²) in [6.07, 6.45) is -3.24. The Hall–Kier alpha value is -3.07. The van der Waals surface area contributed by atoms with Gasteiger partial charge in [0.15, 0.2) is 17.3 Å². The third-order valence-corrected chi connectivity index (χ3v) is 4.22. The predicted molar refractivity (Wildman–Crippen MR) is 97.4 cm³/mol. The number of aromatic nitrogens is 3. The number of aryl methyl sites for hydroxylation is 1. The fourth-order valence-corrected chi connectivity index (χ4v) is 2.75. The third kappa shape index (κ3) is 3.94. The number of benzene rings is 1. The minimum Gasteiger partial charge on any atom is -0.493 e. The molecule has 0 atom stereocenters. The van der Waals surface area contributed by atoms with Crippen LogP contribution < -0.4 is 10.1 Å². The minimum atomic E-state index is -4.56. The summed E-state index contributed by atoms with van der Waals surface area (Å²) in [7, 11) is 2.75. The van der Waals surface area contributed by atoms with Gasteiger partial charge in [-0.3, -0.25) is 9.48 Å². The fraction of sp³-hybridized carbons (Fsp3) is 0.167. The zero-order valence-corrected chi connectivity index (χ0v) is 15.5. The number of rotatable bonds is 4. The summed E-state index contributed by atoms with van der Waals surface area (Å²) < 4.78 is 44.9. The van der Waals surface area contributed by atoms with E-state index in [9.17, 15) is 18.0 Å². The number of ether oxygens (including phenoxy) is 1. The average Bonchev–Trinajstić information content (AvgIpc) is 3.04. The molecule has 28 heavy (non-hydrogen) atoms. The minimum absolute atomic E-state index is 0.106. The van der Waals surface area contributed by atoms with E-state index in [-0.39, 0.29) is 27.8 Å². The van der Waals surface area contributed by atoms with Gasteiger partial charge in [-0.15, -0.1) is 0 Å². The van der Waals surface area contributed by atoms with Gasteiger partial charge in [0.25, 0.3) is 5.91 Å². The van der Waals surface area contributed by atoms with Gasteiger partial charge in [0.1, 0.15) is 0 Å². The molecule has 0 radical (unpaired) electrons. The van der Waals surface area contributed by atoms with Crippen molar-refractivity contribution in [1.29, 1.82) is 0 Å². The van der Waals surface area contributed by atoms with Gasteiger partial charge in [-0.25, -0.2) is 4.98 Å². The summed E-state index contributed by atoms with van der Waals surface area (Å²) in [5, 5.41) is 6.32. The maximum atomic E-state index is 12.9. The Balaban J connectivity index is 1.92. The number of methoxy groups -OCH3 is 1. The molecule has 0 aliphatic heterocycles. The van der Waals surface area contributed by atoms with Gasteiger partial charge in [-0.2, -0.15) is 18.3 Å². The molecule has 3 aromatic rings. The first-order chi connectivity index (χ1) is 13.2. The summed E-state index contributed by atoms with van der Waals surface area (Å²) in [6, 6.07) is 8.85. The van der Waals surface area contributed by atoms with E-state index in [1.807, 2.05) is 0 Å². The first-order valence-electron chi connectivity index (χ1n) is 7.92. The van der Waals surface area contributed by atoms with E-state index in [0.29, 0.717) is 5.56 Å². The maximum Gasteiger partial charge on any atom is 0.435 e. The number of nitrogens with one attached hydrogen (secondary N) is 1. The highest BCUT2D eigenvalue weighted by Crippen LogP contribution is 2.33. The van der Waals surface area contributed by atoms with Crippen LogP contribution in [-0.2, 0) is 13.2 Å². The second-order valence-electron chi connectivity index (χ2n) is 5.75. The Kier molecular flexibility index (Phi) is 5.28. The normalized spacial score (nSPS) is 11.4. The number of alkyl halides is 3. The second kappa shape index (κ2) is 7.51. The van der Waals surface area contributed by atoms with E-state index in [2.05, 4.69) is 15.4 Å². The SMILES string of the molecule is COc1cc(-c2cc(C(F)(F)F)nn2C)cnc1NC(=O)c1ccccc1Cl. The van der Waals surface area contributed by atoms with Crippen molar-refractivity contribution in [2.45, 2.75) is 6.18 Å². The summed E-state index contributed by atoms with van der Waals surface area (Å²) in [5.41, 5.74) is -0.223. The van der Waals surface area contributed by atoms with E-state index >= 15 is 0 Å². The molecule has 0 saturated heterocycles. The highest BCUT2D eigenvalue weighted by Gasteiger charge is 2.34. The van der Waals surface area contributed by atoms with Crippen molar-refractivity contribution in [3.8, 4) is 17.0 Å². The first-order valence-corrected chi connectivity index (χ1v) is 8.30. The van der Waals surface area contributed by atoms with Gasteiger partial charge in [0, 0.05) is 18.8 Å². The molecule has 0 bridgehead atoms. The number of hydrogen-bond acceptors (Lipinski definition) is 4. The first kappa shape index (κ1) is 19.7. The zero-order valence-electron chi connectivity index (χ0n) is 14.7. The third-order valence-electron chi connectivity index (χ3n) is 3.89. The Morgan fingerprint density at radius 1 is 1.25 bits per heavy atom. The quantitative estimate of drug-likeness (QED) is 0.691. The lowest BCUT2D eigenvalue weighted by molar-refractivity contribution is -0.141. The largest absolute Gasteiger partial charge is 0.493 e. The zero-order chi connectivity index (χ0) is 20.5. The van der Waals surface area contributed by atoms with Crippen LogP contribution in [0.1, 0.15) is 16.1 Å². The standard InChI is InChI=1S/C18H14ClF3N4O2/c1-26-13(8-15(25-26)18(20,21)22)10-7-14(28-2)16(23-9-10)24-17(27)11-5-3-4-6-12(11)19/h3-9H,1-2H3,(H,23,24,27). The highest BCUT2D eigenvalue weighted by atomic mass is 35.5. The summed E-state index contributed by atoms with van der Waals surface area (Å²) in [5.74, 6) is -0.217. The van der Waals surface area contributed by atoms with Gasteiger partial charge in [0.05, 0.1) is 23.4 Å². The molecule has 1 aromatic carbocycles. The molecule has 0 unspecified atom stereocenters. The van der Waals surface area contributed by atoms with Crippen LogP contribution in [-0.4, -0.2) is 27.8 Å². The van der Waals surface area contributed by atoms with Crippen molar-refractivity contribution in [2.24, 2.45) is 7.05 Å². The topological polar surface area (TPSA) is 69.0 Å². The predicted octanol–water partition coefficient (Wildman–Crippen LogP) is 4.42. The van der Waals surface area contributed by atoms with E-state index < -0.39 is 17.8 Å². The van der Waals surface area contributed by atoms with Crippen molar-refractivity contribution < 1.29 is 22.7 Å². The van der Waals surface area contributed by atoms with E-state index in [1.165, 1.54) is 26.4 Å². The smallest absolute Gasteiger partial charge is 0.435 e. The van der Waals surface area contributed by atoms with Crippen LogP contribution in [0.2, 0.25) is 5.02 Å². The van der Waals surface area contributed by atoms with Crippen molar-refractivity contribution in [3.63, 3.8) is 0 Å². The molecule has 0 aliphatic rings.